The van der Waals surface area contributed by atoms with Gasteiger partial charge in [-0.25, -0.2) is 0 Å². The van der Waals surface area contributed by atoms with Crippen molar-refractivity contribution >= 4 is 28.7 Å². The molecule has 3 nitrogen and oxygen atoms in total. The summed E-state index contributed by atoms with van der Waals surface area (Å²) in [6.45, 7) is 4.30. The normalized spacial score (nSPS) is 21.2. The number of rotatable bonds is 2. The second-order valence-electron chi connectivity index (χ2n) is 5.18. The summed E-state index contributed by atoms with van der Waals surface area (Å²) in [6, 6.07) is 8.14. The van der Waals surface area contributed by atoms with Crippen molar-refractivity contribution < 1.29 is 0 Å². The van der Waals surface area contributed by atoms with Crippen LogP contribution in [0.2, 0.25) is 0 Å². The predicted octanol–water partition coefficient (Wildman–Crippen LogP) is 3.85. The van der Waals surface area contributed by atoms with Crippen molar-refractivity contribution in [2.45, 2.75) is 39.5 Å². The first kappa shape index (κ1) is 14.0. The van der Waals surface area contributed by atoms with E-state index in [4.69, 9.17) is 12.2 Å². The van der Waals surface area contributed by atoms with Gasteiger partial charge in [0.1, 0.15) is 0 Å². The third kappa shape index (κ3) is 4.31. The van der Waals surface area contributed by atoms with Crippen LogP contribution in [0, 0.1) is 12.8 Å². The largest absolute Gasteiger partial charge is 0.331 e. The maximum absolute atomic E-state index is 5.25. The van der Waals surface area contributed by atoms with E-state index in [0.717, 1.165) is 12.1 Å². The average molecular weight is 275 g/mol. The van der Waals surface area contributed by atoms with Gasteiger partial charge >= 0.3 is 0 Å². The Labute approximate surface area is 120 Å². The van der Waals surface area contributed by atoms with E-state index in [2.05, 4.69) is 41.8 Å². The van der Waals surface area contributed by atoms with Crippen molar-refractivity contribution in [1.82, 2.24) is 5.43 Å². The standard InChI is InChI=1S/C15H21N3S/c1-11-7-9-13(10-8-11)16-15(19)18-17-14-6-4-3-5-12(14)2/h7-10,12H,3-6H2,1-2H3,(H2,16,18,19). The molecule has 0 radical (unpaired) electrons. The van der Waals surface area contributed by atoms with E-state index in [1.165, 1.54) is 30.5 Å². The van der Waals surface area contributed by atoms with Crippen LogP contribution in [0.15, 0.2) is 29.4 Å². The Kier molecular flexibility index (Phi) is 4.91. The quantitative estimate of drug-likeness (QED) is 0.636. The summed E-state index contributed by atoms with van der Waals surface area (Å²) in [5, 5.41) is 8.13. The Bertz CT molecular complexity index is 465. The average Bonchev–Trinajstić information content (AvgIpc) is 2.40. The van der Waals surface area contributed by atoms with E-state index < -0.39 is 0 Å². The van der Waals surface area contributed by atoms with Crippen molar-refractivity contribution in [3.63, 3.8) is 0 Å². The number of benzene rings is 1. The Morgan fingerprint density at radius 3 is 2.68 bits per heavy atom. The maximum Gasteiger partial charge on any atom is 0.191 e. The first-order valence-electron chi connectivity index (χ1n) is 6.85. The minimum absolute atomic E-state index is 0.550. The van der Waals surface area contributed by atoms with Gasteiger partial charge in [-0.3, -0.25) is 5.43 Å². The highest BCUT2D eigenvalue weighted by Gasteiger charge is 2.15. The van der Waals surface area contributed by atoms with Gasteiger partial charge in [0.25, 0.3) is 0 Å². The van der Waals surface area contributed by atoms with Crippen LogP contribution in [0.3, 0.4) is 0 Å². The first-order chi connectivity index (χ1) is 9.15. The Morgan fingerprint density at radius 2 is 2.00 bits per heavy atom. The van der Waals surface area contributed by atoms with Gasteiger partial charge < -0.3 is 5.32 Å². The van der Waals surface area contributed by atoms with E-state index in [9.17, 15) is 0 Å². The highest BCUT2D eigenvalue weighted by Crippen LogP contribution is 2.20. The molecule has 2 rings (SSSR count). The molecule has 1 atom stereocenters. The molecule has 1 aromatic rings. The first-order valence-corrected chi connectivity index (χ1v) is 7.26. The van der Waals surface area contributed by atoms with Gasteiger partial charge in [-0.2, -0.15) is 5.10 Å². The highest BCUT2D eigenvalue weighted by molar-refractivity contribution is 7.80. The number of thiocarbonyl (C=S) groups is 1. The van der Waals surface area contributed by atoms with Crippen LogP contribution in [0.4, 0.5) is 5.69 Å². The lowest BCUT2D eigenvalue weighted by Crippen LogP contribution is -2.27. The lowest BCUT2D eigenvalue weighted by atomic mass is 9.89. The molecule has 0 amide bonds. The molecule has 0 bridgehead atoms. The highest BCUT2D eigenvalue weighted by atomic mass is 32.1. The van der Waals surface area contributed by atoms with Gasteiger partial charge in [-0.15, -0.1) is 0 Å². The molecule has 1 fully saturated rings. The molecule has 1 saturated carbocycles. The van der Waals surface area contributed by atoms with Crippen molar-refractivity contribution in [2.75, 3.05) is 5.32 Å². The second kappa shape index (κ2) is 6.66. The Hall–Kier alpha value is -1.42. The van der Waals surface area contributed by atoms with Gasteiger partial charge in [0.05, 0.1) is 0 Å². The van der Waals surface area contributed by atoms with Gasteiger partial charge in [0.15, 0.2) is 5.11 Å². The van der Waals surface area contributed by atoms with Crippen molar-refractivity contribution in [1.29, 1.82) is 0 Å². The summed E-state index contributed by atoms with van der Waals surface area (Å²) in [4.78, 5) is 0. The van der Waals surface area contributed by atoms with E-state index in [-0.39, 0.29) is 0 Å². The Balaban J connectivity index is 1.87. The summed E-state index contributed by atoms with van der Waals surface area (Å²) in [5.74, 6) is 0.573. The van der Waals surface area contributed by atoms with E-state index in [1.807, 2.05) is 12.1 Å². The van der Waals surface area contributed by atoms with E-state index >= 15 is 0 Å². The molecule has 102 valence electrons. The molecule has 1 aliphatic carbocycles. The summed E-state index contributed by atoms with van der Waals surface area (Å²) in [6.07, 6.45) is 4.87. The lowest BCUT2D eigenvalue weighted by Gasteiger charge is -2.20. The van der Waals surface area contributed by atoms with Crippen LogP contribution in [0.5, 0.6) is 0 Å². The zero-order valence-electron chi connectivity index (χ0n) is 11.6. The SMILES string of the molecule is Cc1ccc(NC(=S)NN=C2CCCCC2C)cc1. The van der Waals surface area contributed by atoms with Crippen LogP contribution in [0.1, 0.15) is 38.2 Å². The molecule has 19 heavy (non-hydrogen) atoms. The fraction of sp³-hybridized carbons (Fsp3) is 0.467. The molecule has 4 heteroatoms. The molecule has 0 aromatic heterocycles. The summed E-state index contributed by atoms with van der Waals surface area (Å²) in [5.41, 5.74) is 6.41. The molecule has 1 aromatic carbocycles. The zero-order chi connectivity index (χ0) is 13.7. The van der Waals surface area contributed by atoms with Gasteiger partial charge in [-0.05, 0) is 56.5 Å². The predicted molar refractivity (Wildman–Crippen MR) is 85.6 cm³/mol. The number of hydrogen-bond donors (Lipinski definition) is 2. The number of aryl methyl sites for hydroxylation is 1. The van der Waals surface area contributed by atoms with Crippen molar-refractivity contribution in [3.05, 3.63) is 29.8 Å². The number of nitrogens with one attached hydrogen (secondary N) is 2. The number of hydrazone groups is 1. The smallest absolute Gasteiger partial charge is 0.191 e. The molecule has 1 aliphatic rings. The van der Waals surface area contributed by atoms with Crippen LogP contribution in [0.25, 0.3) is 0 Å². The fourth-order valence-electron chi connectivity index (χ4n) is 2.25. The van der Waals surface area contributed by atoms with Crippen LogP contribution in [-0.2, 0) is 0 Å². The maximum atomic E-state index is 5.25. The lowest BCUT2D eigenvalue weighted by molar-refractivity contribution is 0.555. The number of anilines is 1. The van der Waals surface area contributed by atoms with Crippen molar-refractivity contribution in [3.8, 4) is 0 Å². The minimum Gasteiger partial charge on any atom is -0.331 e. The second-order valence-corrected chi connectivity index (χ2v) is 5.59. The molecule has 1 unspecified atom stereocenters. The number of nitrogens with zero attached hydrogens (tertiary/aromatic N) is 1. The molecular weight excluding hydrogens is 254 g/mol. The van der Waals surface area contributed by atoms with Gasteiger partial charge in [-0.1, -0.05) is 31.0 Å². The monoisotopic (exact) mass is 275 g/mol. The molecule has 0 heterocycles. The van der Waals surface area contributed by atoms with Crippen LogP contribution in [-0.4, -0.2) is 10.8 Å². The van der Waals surface area contributed by atoms with E-state index in [1.54, 1.807) is 0 Å². The third-order valence-electron chi connectivity index (χ3n) is 3.50. The minimum atomic E-state index is 0.550. The summed E-state index contributed by atoms with van der Waals surface area (Å²) < 4.78 is 0. The van der Waals surface area contributed by atoms with Crippen molar-refractivity contribution in [2.24, 2.45) is 11.0 Å². The van der Waals surface area contributed by atoms with Crippen LogP contribution >= 0.6 is 12.2 Å². The van der Waals surface area contributed by atoms with Gasteiger partial charge in [0, 0.05) is 11.4 Å². The zero-order valence-corrected chi connectivity index (χ0v) is 12.4. The topological polar surface area (TPSA) is 36.4 Å². The molecule has 0 aliphatic heterocycles. The molecule has 0 spiro atoms. The Morgan fingerprint density at radius 1 is 1.26 bits per heavy atom. The third-order valence-corrected chi connectivity index (χ3v) is 3.69. The fourth-order valence-corrected chi connectivity index (χ4v) is 2.42. The number of hydrogen-bond acceptors (Lipinski definition) is 2. The molecule has 2 N–H and O–H groups in total. The molecular formula is C15H21N3S. The summed E-state index contributed by atoms with van der Waals surface area (Å²) >= 11 is 5.25. The van der Waals surface area contributed by atoms with Gasteiger partial charge in [0.2, 0.25) is 0 Å². The van der Waals surface area contributed by atoms with Crippen LogP contribution < -0.4 is 10.7 Å². The van der Waals surface area contributed by atoms with E-state index in [0.29, 0.717) is 11.0 Å². The summed E-state index contributed by atoms with van der Waals surface area (Å²) in [7, 11) is 0. The molecule has 0 saturated heterocycles.